The van der Waals surface area contributed by atoms with Crippen LogP contribution in [0.25, 0.3) is 11.1 Å². The third-order valence-electron chi connectivity index (χ3n) is 8.72. The minimum absolute atomic E-state index is 0.00963. The van der Waals surface area contributed by atoms with E-state index < -0.39 is 6.67 Å². The van der Waals surface area contributed by atoms with Gasteiger partial charge in [-0.2, -0.15) is 4.98 Å². The fraction of sp³-hybridized carbons (Fsp3) is 0.469. The normalized spacial score (nSPS) is 23.2. The van der Waals surface area contributed by atoms with Crippen molar-refractivity contribution in [3.63, 3.8) is 0 Å². The molecule has 206 valence electrons. The SMILES string of the molecule is C=C.COc1ccc(-c2cccc(N(CC34CCC(c5nc(C6CC6)no5)(CC3)C4)C(=O)CCCF)c2)cc1. The van der Waals surface area contributed by atoms with E-state index in [1.54, 1.807) is 7.11 Å². The van der Waals surface area contributed by atoms with Gasteiger partial charge in [-0.1, -0.05) is 29.4 Å². The van der Waals surface area contributed by atoms with Crippen LogP contribution in [0.3, 0.4) is 0 Å². The molecule has 1 amide bonds. The Morgan fingerprint density at radius 1 is 1.10 bits per heavy atom. The van der Waals surface area contributed by atoms with E-state index in [0.29, 0.717) is 12.5 Å². The standard InChI is InChI=1S/C30H34FN3O3.C2H4/c1-36-25-11-9-21(10-12-25)23-4-2-5-24(18-23)34(26(35)6-3-17-31)20-29-13-15-30(19-29,16-14-29)28-32-27(33-37-28)22-7-8-22;1-2/h2,4-5,9-12,18,22H,3,6-8,13-17,19-20H2,1H3;1-2H2. The first-order valence-electron chi connectivity index (χ1n) is 14.0. The zero-order valence-corrected chi connectivity index (χ0v) is 22.8. The number of hydrogen-bond acceptors (Lipinski definition) is 5. The Morgan fingerprint density at radius 3 is 2.51 bits per heavy atom. The lowest BCUT2D eigenvalue weighted by molar-refractivity contribution is -0.119. The zero-order chi connectivity index (χ0) is 27.5. The lowest BCUT2D eigenvalue weighted by atomic mass is 9.81. The van der Waals surface area contributed by atoms with E-state index in [0.717, 1.165) is 79.2 Å². The summed E-state index contributed by atoms with van der Waals surface area (Å²) in [6.45, 7) is 6.15. The Labute approximate surface area is 230 Å². The van der Waals surface area contributed by atoms with Gasteiger partial charge in [-0.15, -0.1) is 13.2 Å². The second-order valence-electron chi connectivity index (χ2n) is 11.2. The molecular weight excluding hydrogens is 493 g/mol. The second-order valence-corrected chi connectivity index (χ2v) is 11.2. The molecule has 3 aliphatic carbocycles. The maximum Gasteiger partial charge on any atom is 0.232 e. The van der Waals surface area contributed by atoms with Crippen molar-refractivity contribution < 1.29 is 18.4 Å². The van der Waals surface area contributed by atoms with E-state index in [2.05, 4.69) is 30.4 Å². The zero-order valence-electron chi connectivity index (χ0n) is 22.8. The average Bonchev–Trinajstić information content (AvgIpc) is 3.43. The Kier molecular flexibility index (Phi) is 7.87. The third kappa shape index (κ3) is 5.49. The van der Waals surface area contributed by atoms with Gasteiger partial charge in [0, 0.05) is 24.6 Å². The van der Waals surface area contributed by atoms with Gasteiger partial charge in [-0.3, -0.25) is 9.18 Å². The Morgan fingerprint density at radius 2 is 1.85 bits per heavy atom. The predicted octanol–water partition coefficient (Wildman–Crippen LogP) is 7.41. The molecule has 39 heavy (non-hydrogen) atoms. The lowest BCUT2D eigenvalue weighted by Gasteiger charge is -2.34. The van der Waals surface area contributed by atoms with Crippen molar-refractivity contribution in [1.29, 1.82) is 0 Å². The molecule has 3 aromatic rings. The highest BCUT2D eigenvalue weighted by atomic mass is 19.1. The van der Waals surface area contributed by atoms with Crippen molar-refractivity contribution in [2.24, 2.45) is 5.41 Å². The summed E-state index contributed by atoms with van der Waals surface area (Å²) in [5.41, 5.74) is 2.89. The van der Waals surface area contributed by atoms with Gasteiger partial charge < -0.3 is 14.2 Å². The van der Waals surface area contributed by atoms with Crippen molar-refractivity contribution in [1.82, 2.24) is 10.1 Å². The molecule has 1 heterocycles. The molecule has 2 aromatic carbocycles. The van der Waals surface area contributed by atoms with Crippen LogP contribution in [0, 0.1) is 5.41 Å². The van der Waals surface area contributed by atoms with Crippen molar-refractivity contribution in [3.8, 4) is 16.9 Å². The van der Waals surface area contributed by atoms with Crippen molar-refractivity contribution in [3.05, 3.63) is 73.4 Å². The fourth-order valence-electron chi connectivity index (χ4n) is 6.44. The van der Waals surface area contributed by atoms with E-state index in [1.807, 2.05) is 41.3 Å². The number of carbonyl (C=O) groups is 1. The van der Waals surface area contributed by atoms with E-state index >= 15 is 0 Å². The summed E-state index contributed by atoms with van der Waals surface area (Å²) in [6.07, 6.45) is 7.79. The molecule has 6 rings (SSSR count). The van der Waals surface area contributed by atoms with Crippen LogP contribution in [0.15, 0.2) is 66.2 Å². The smallest absolute Gasteiger partial charge is 0.232 e. The molecular formula is C32H38FN3O3. The van der Waals surface area contributed by atoms with E-state index in [-0.39, 0.29) is 29.6 Å². The Balaban J connectivity index is 0.00000151. The summed E-state index contributed by atoms with van der Waals surface area (Å²) in [5.74, 6) is 2.93. The van der Waals surface area contributed by atoms with Crippen LogP contribution in [0.2, 0.25) is 0 Å². The number of hydrogen-bond donors (Lipinski definition) is 0. The first-order chi connectivity index (χ1) is 19.0. The molecule has 0 atom stereocenters. The minimum atomic E-state index is -0.486. The Bertz CT molecular complexity index is 1280. The molecule has 0 unspecified atom stereocenters. The largest absolute Gasteiger partial charge is 0.497 e. The van der Waals surface area contributed by atoms with Crippen LogP contribution in [0.5, 0.6) is 5.75 Å². The number of carbonyl (C=O) groups excluding carboxylic acids is 1. The van der Waals surface area contributed by atoms with Crippen LogP contribution in [0.4, 0.5) is 10.1 Å². The third-order valence-corrected chi connectivity index (χ3v) is 8.72. The number of nitrogens with zero attached hydrogens (tertiary/aromatic N) is 3. The fourth-order valence-corrected chi connectivity index (χ4v) is 6.44. The van der Waals surface area contributed by atoms with E-state index in [4.69, 9.17) is 14.2 Å². The molecule has 3 fully saturated rings. The second kappa shape index (κ2) is 11.3. The number of benzene rings is 2. The first-order valence-corrected chi connectivity index (χ1v) is 14.0. The summed E-state index contributed by atoms with van der Waals surface area (Å²) in [5, 5.41) is 4.28. The van der Waals surface area contributed by atoms with Crippen molar-refractivity contribution >= 4 is 11.6 Å². The topological polar surface area (TPSA) is 68.5 Å². The highest BCUT2D eigenvalue weighted by Crippen LogP contribution is 2.62. The van der Waals surface area contributed by atoms with Crippen LogP contribution in [0.1, 0.15) is 75.4 Å². The number of methoxy groups -OCH3 is 1. The van der Waals surface area contributed by atoms with Crippen molar-refractivity contribution in [2.45, 2.75) is 69.1 Å². The van der Waals surface area contributed by atoms with Crippen molar-refractivity contribution in [2.75, 3.05) is 25.2 Å². The number of alkyl halides is 1. The molecule has 3 aliphatic rings. The molecule has 0 spiro atoms. The van der Waals surface area contributed by atoms with Gasteiger partial charge in [-0.05, 0) is 92.2 Å². The van der Waals surface area contributed by atoms with Gasteiger partial charge in [-0.25, -0.2) is 0 Å². The van der Waals surface area contributed by atoms with Gasteiger partial charge in [0.2, 0.25) is 11.8 Å². The maximum absolute atomic E-state index is 13.4. The first kappa shape index (κ1) is 27.1. The molecule has 1 aromatic heterocycles. The molecule has 2 bridgehead atoms. The quantitative estimate of drug-likeness (QED) is 0.255. The predicted molar refractivity (Wildman–Crippen MR) is 151 cm³/mol. The summed E-state index contributed by atoms with van der Waals surface area (Å²) >= 11 is 0. The molecule has 6 nitrogen and oxygen atoms in total. The number of anilines is 1. The lowest BCUT2D eigenvalue weighted by Crippen LogP contribution is -2.40. The van der Waals surface area contributed by atoms with Crippen LogP contribution in [-0.4, -0.2) is 36.4 Å². The maximum atomic E-state index is 13.4. The van der Waals surface area contributed by atoms with E-state index in [9.17, 15) is 9.18 Å². The highest BCUT2D eigenvalue weighted by molar-refractivity contribution is 5.94. The number of fused-ring (bicyclic) bond motifs is 2. The van der Waals surface area contributed by atoms with Crippen LogP contribution in [-0.2, 0) is 10.2 Å². The van der Waals surface area contributed by atoms with Crippen LogP contribution < -0.4 is 9.64 Å². The minimum Gasteiger partial charge on any atom is -0.497 e. The summed E-state index contributed by atoms with van der Waals surface area (Å²) in [6, 6.07) is 16.0. The molecule has 0 aliphatic heterocycles. The molecule has 0 radical (unpaired) electrons. The van der Waals surface area contributed by atoms with Gasteiger partial charge in [0.15, 0.2) is 5.82 Å². The van der Waals surface area contributed by atoms with Gasteiger partial charge in [0.1, 0.15) is 5.75 Å². The molecule has 0 N–H and O–H groups in total. The van der Waals surface area contributed by atoms with Gasteiger partial charge >= 0.3 is 0 Å². The number of halogens is 1. The number of aromatic nitrogens is 2. The molecule has 7 heteroatoms. The average molecular weight is 532 g/mol. The number of rotatable bonds is 10. The molecule has 3 saturated carbocycles. The summed E-state index contributed by atoms with van der Waals surface area (Å²) < 4.78 is 24.1. The number of amides is 1. The van der Waals surface area contributed by atoms with E-state index in [1.165, 1.54) is 0 Å². The highest BCUT2D eigenvalue weighted by Gasteiger charge is 2.58. The monoisotopic (exact) mass is 531 g/mol. The number of ether oxygens (including phenoxy) is 1. The molecule has 0 saturated heterocycles. The van der Waals surface area contributed by atoms with Gasteiger partial charge in [0.25, 0.3) is 0 Å². The summed E-state index contributed by atoms with van der Waals surface area (Å²) in [7, 11) is 1.65. The van der Waals surface area contributed by atoms with Gasteiger partial charge in [0.05, 0.1) is 19.2 Å². The summed E-state index contributed by atoms with van der Waals surface area (Å²) in [4.78, 5) is 20.2. The van der Waals surface area contributed by atoms with Crippen LogP contribution >= 0.6 is 0 Å². The Hall–Kier alpha value is -3.48.